The van der Waals surface area contributed by atoms with Crippen LogP contribution in [0.2, 0.25) is 0 Å². The summed E-state index contributed by atoms with van der Waals surface area (Å²) in [6.45, 7) is 3.63. The summed E-state index contributed by atoms with van der Waals surface area (Å²) < 4.78 is 4.99. The second-order valence-electron chi connectivity index (χ2n) is 3.11. The highest BCUT2D eigenvalue weighted by molar-refractivity contribution is 5.97. The SMILES string of the molecule is COc1c(C)c(C)cc(C(N)=O)c1O. The number of rotatable bonds is 2. The van der Waals surface area contributed by atoms with Crippen molar-refractivity contribution in [3.05, 3.63) is 22.8 Å². The zero-order chi connectivity index (χ0) is 10.9. The third-order valence-electron chi connectivity index (χ3n) is 2.23. The van der Waals surface area contributed by atoms with Crippen LogP contribution in [-0.4, -0.2) is 18.1 Å². The second kappa shape index (κ2) is 3.57. The molecular weight excluding hydrogens is 182 g/mol. The summed E-state index contributed by atoms with van der Waals surface area (Å²) in [7, 11) is 1.44. The van der Waals surface area contributed by atoms with E-state index in [0.717, 1.165) is 11.1 Å². The van der Waals surface area contributed by atoms with Gasteiger partial charge < -0.3 is 15.6 Å². The van der Waals surface area contributed by atoms with Gasteiger partial charge in [-0.2, -0.15) is 0 Å². The number of ether oxygens (including phenoxy) is 1. The van der Waals surface area contributed by atoms with Crippen LogP contribution < -0.4 is 10.5 Å². The lowest BCUT2D eigenvalue weighted by molar-refractivity contribution is 0.0997. The molecule has 4 heteroatoms. The van der Waals surface area contributed by atoms with Crippen molar-refractivity contribution in [1.29, 1.82) is 0 Å². The number of nitrogens with two attached hydrogens (primary N) is 1. The van der Waals surface area contributed by atoms with Gasteiger partial charge in [-0.3, -0.25) is 4.79 Å². The summed E-state index contributed by atoms with van der Waals surface area (Å²) in [6, 6.07) is 1.55. The standard InChI is InChI=1S/C10H13NO3/c1-5-4-7(10(11)13)8(12)9(14-3)6(5)2/h4,12H,1-3H3,(H2,11,13). The fourth-order valence-corrected chi connectivity index (χ4v) is 1.31. The second-order valence-corrected chi connectivity index (χ2v) is 3.11. The molecule has 0 fully saturated rings. The van der Waals surface area contributed by atoms with Crippen LogP contribution in [-0.2, 0) is 0 Å². The van der Waals surface area contributed by atoms with Gasteiger partial charge in [0.05, 0.1) is 12.7 Å². The molecule has 0 heterocycles. The number of methoxy groups -OCH3 is 1. The van der Waals surface area contributed by atoms with Gasteiger partial charge in [0, 0.05) is 0 Å². The average Bonchev–Trinajstić information content (AvgIpc) is 2.12. The van der Waals surface area contributed by atoms with Gasteiger partial charge >= 0.3 is 0 Å². The zero-order valence-corrected chi connectivity index (χ0v) is 8.42. The molecule has 4 nitrogen and oxygen atoms in total. The number of hydrogen-bond acceptors (Lipinski definition) is 3. The van der Waals surface area contributed by atoms with Crippen LogP contribution in [0.1, 0.15) is 21.5 Å². The van der Waals surface area contributed by atoms with E-state index in [2.05, 4.69) is 0 Å². The number of benzene rings is 1. The average molecular weight is 195 g/mol. The number of amides is 1. The molecule has 76 valence electrons. The minimum absolute atomic E-state index is 0.0879. The van der Waals surface area contributed by atoms with Crippen LogP contribution in [0.3, 0.4) is 0 Å². The van der Waals surface area contributed by atoms with E-state index >= 15 is 0 Å². The van der Waals surface area contributed by atoms with Gasteiger partial charge in [-0.25, -0.2) is 0 Å². The van der Waals surface area contributed by atoms with Gasteiger partial charge in [-0.05, 0) is 31.0 Å². The highest BCUT2D eigenvalue weighted by Gasteiger charge is 2.16. The van der Waals surface area contributed by atoms with E-state index in [4.69, 9.17) is 10.5 Å². The van der Waals surface area contributed by atoms with Gasteiger partial charge in [0.1, 0.15) is 0 Å². The Morgan fingerprint density at radius 1 is 1.50 bits per heavy atom. The van der Waals surface area contributed by atoms with Gasteiger partial charge in [-0.15, -0.1) is 0 Å². The molecule has 0 radical (unpaired) electrons. The fraction of sp³-hybridized carbons (Fsp3) is 0.300. The van der Waals surface area contributed by atoms with E-state index in [1.807, 2.05) is 6.92 Å². The Morgan fingerprint density at radius 2 is 2.07 bits per heavy atom. The van der Waals surface area contributed by atoms with E-state index in [1.165, 1.54) is 7.11 Å². The molecule has 0 aliphatic heterocycles. The van der Waals surface area contributed by atoms with Crippen LogP contribution >= 0.6 is 0 Å². The summed E-state index contributed by atoms with van der Waals surface area (Å²) in [5.74, 6) is -0.550. The van der Waals surface area contributed by atoms with Crippen molar-refractivity contribution in [1.82, 2.24) is 0 Å². The number of carbonyl (C=O) groups is 1. The van der Waals surface area contributed by atoms with Crippen molar-refractivity contribution in [3.63, 3.8) is 0 Å². The Labute approximate surface area is 82.3 Å². The third-order valence-corrected chi connectivity index (χ3v) is 2.23. The molecule has 1 rings (SSSR count). The molecule has 0 saturated heterocycles. The molecule has 0 saturated carbocycles. The van der Waals surface area contributed by atoms with E-state index < -0.39 is 5.91 Å². The van der Waals surface area contributed by atoms with E-state index in [9.17, 15) is 9.90 Å². The number of carbonyl (C=O) groups excluding carboxylic acids is 1. The third kappa shape index (κ3) is 1.51. The van der Waals surface area contributed by atoms with Crippen molar-refractivity contribution in [2.75, 3.05) is 7.11 Å². The normalized spacial score (nSPS) is 9.93. The van der Waals surface area contributed by atoms with Crippen molar-refractivity contribution in [2.45, 2.75) is 13.8 Å². The fourth-order valence-electron chi connectivity index (χ4n) is 1.31. The van der Waals surface area contributed by atoms with Crippen LogP contribution in [0.4, 0.5) is 0 Å². The maximum absolute atomic E-state index is 11.0. The molecule has 3 N–H and O–H groups in total. The van der Waals surface area contributed by atoms with Crippen LogP contribution in [0.25, 0.3) is 0 Å². The van der Waals surface area contributed by atoms with Crippen LogP contribution in [0.15, 0.2) is 6.07 Å². The first kappa shape index (κ1) is 10.4. The van der Waals surface area contributed by atoms with Crippen molar-refractivity contribution < 1.29 is 14.6 Å². The molecule has 0 spiro atoms. The maximum atomic E-state index is 11.0. The van der Waals surface area contributed by atoms with E-state index in [0.29, 0.717) is 5.75 Å². The summed E-state index contributed by atoms with van der Waals surface area (Å²) in [5.41, 5.74) is 6.85. The van der Waals surface area contributed by atoms with Gasteiger partial charge in [0.2, 0.25) is 0 Å². The first-order valence-corrected chi connectivity index (χ1v) is 4.16. The number of phenols is 1. The Hall–Kier alpha value is -1.71. The predicted molar refractivity (Wildman–Crippen MR) is 52.7 cm³/mol. The van der Waals surface area contributed by atoms with E-state index in [1.54, 1.807) is 13.0 Å². The molecule has 0 aromatic heterocycles. The summed E-state index contributed by atoms with van der Waals surface area (Å²) >= 11 is 0. The Bertz CT molecular complexity index is 385. The molecule has 14 heavy (non-hydrogen) atoms. The lowest BCUT2D eigenvalue weighted by Gasteiger charge is -2.12. The first-order chi connectivity index (χ1) is 6.49. The number of hydrogen-bond donors (Lipinski definition) is 2. The molecule has 0 aliphatic carbocycles. The number of aromatic hydroxyl groups is 1. The molecule has 1 amide bonds. The molecular formula is C10H13NO3. The van der Waals surface area contributed by atoms with E-state index in [-0.39, 0.29) is 11.3 Å². The Kier molecular flexibility index (Phi) is 2.65. The lowest BCUT2D eigenvalue weighted by Crippen LogP contribution is -2.12. The number of aryl methyl sites for hydroxylation is 1. The number of primary amides is 1. The topological polar surface area (TPSA) is 72.5 Å². The first-order valence-electron chi connectivity index (χ1n) is 4.16. The molecule has 1 aromatic rings. The zero-order valence-electron chi connectivity index (χ0n) is 8.42. The highest BCUT2D eigenvalue weighted by atomic mass is 16.5. The van der Waals surface area contributed by atoms with Gasteiger partial charge in [0.15, 0.2) is 11.5 Å². The smallest absolute Gasteiger partial charge is 0.252 e. The van der Waals surface area contributed by atoms with Crippen molar-refractivity contribution in [3.8, 4) is 11.5 Å². The minimum Gasteiger partial charge on any atom is -0.504 e. The highest BCUT2D eigenvalue weighted by Crippen LogP contribution is 2.35. The predicted octanol–water partition coefficient (Wildman–Crippen LogP) is 1.12. The quantitative estimate of drug-likeness (QED) is 0.742. The molecule has 0 atom stereocenters. The summed E-state index contributed by atoms with van der Waals surface area (Å²) in [6.07, 6.45) is 0. The van der Waals surface area contributed by atoms with Crippen molar-refractivity contribution >= 4 is 5.91 Å². The maximum Gasteiger partial charge on any atom is 0.252 e. The summed E-state index contributed by atoms with van der Waals surface area (Å²) in [5, 5.41) is 9.64. The molecule has 0 bridgehead atoms. The van der Waals surface area contributed by atoms with Gasteiger partial charge in [0.25, 0.3) is 5.91 Å². The largest absolute Gasteiger partial charge is 0.504 e. The molecule has 0 aliphatic rings. The molecule has 0 unspecified atom stereocenters. The van der Waals surface area contributed by atoms with Crippen LogP contribution in [0.5, 0.6) is 11.5 Å². The summed E-state index contributed by atoms with van der Waals surface area (Å²) in [4.78, 5) is 11.0. The monoisotopic (exact) mass is 195 g/mol. The molecule has 1 aromatic carbocycles. The van der Waals surface area contributed by atoms with Crippen LogP contribution in [0, 0.1) is 13.8 Å². The lowest BCUT2D eigenvalue weighted by atomic mass is 10.0. The Morgan fingerprint density at radius 3 is 2.50 bits per heavy atom. The van der Waals surface area contributed by atoms with Crippen molar-refractivity contribution in [2.24, 2.45) is 5.73 Å². The van der Waals surface area contributed by atoms with Gasteiger partial charge in [-0.1, -0.05) is 0 Å². The Balaban J connectivity index is 3.50. The minimum atomic E-state index is -0.663.